The predicted octanol–water partition coefficient (Wildman–Crippen LogP) is 3.68. The highest BCUT2D eigenvalue weighted by atomic mass is 32.2. The molecule has 26 heavy (non-hydrogen) atoms. The molecule has 0 saturated heterocycles. The number of hydrogen-bond acceptors (Lipinski definition) is 5. The fraction of sp³-hybridized carbons (Fsp3) is 0.222. The molecule has 0 aliphatic carbocycles. The Kier molecular flexibility index (Phi) is 5.99. The monoisotopic (exact) mass is 376 g/mol. The standard InChI is InChI=1S/C18H20N2O5S/c1-4-12-19(15-7-9-16(10-8-15)25-5-2)26(23,24)17-11-6-14(3)18(13-17)20(21)22/h4,6-11,13H,1,5,12H2,2-3H3. The van der Waals surface area contributed by atoms with Gasteiger partial charge in [-0.2, -0.15) is 0 Å². The highest BCUT2D eigenvalue weighted by molar-refractivity contribution is 7.92. The lowest BCUT2D eigenvalue weighted by atomic mass is 10.2. The average molecular weight is 376 g/mol. The lowest BCUT2D eigenvalue weighted by Gasteiger charge is -2.23. The van der Waals surface area contributed by atoms with Crippen LogP contribution in [0.4, 0.5) is 11.4 Å². The lowest BCUT2D eigenvalue weighted by molar-refractivity contribution is -0.385. The van der Waals surface area contributed by atoms with E-state index in [0.717, 1.165) is 10.4 Å². The first-order valence-corrected chi connectivity index (χ1v) is 9.36. The fourth-order valence-corrected chi connectivity index (χ4v) is 3.86. The summed E-state index contributed by atoms with van der Waals surface area (Å²) in [5.74, 6) is 0.623. The molecule has 2 aromatic carbocycles. The van der Waals surface area contributed by atoms with Crippen LogP contribution in [0.2, 0.25) is 0 Å². The smallest absolute Gasteiger partial charge is 0.273 e. The Bertz CT molecular complexity index is 908. The normalized spacial score (nSPS) is 11.0. The van der Waals surface area contributed by atoms with Gasteiger partial charge in [-0.15, -0.1) is 6.58 Å². The van der Waals surface area contributed by atoms with Gasteiger partial charge < -0.3 is 4.74 Å². The maximum absolute atomic E-state index is 13.0. The van der Waals surface area contributed by atoms with Crippen molar-refractivity contribution in [2.24, 2.45) is 0 Å². The maximum Gasteiger partial charge on any atom is 0.273 e. The molecule has 0 spiro atoms. The summed E-state index contributed by atoms with van der Waals surface area (Å²) in [5.41, 5.74) is 0.568. The van der Waals surface area contributed by atoms with Crippen LogP contribution in [-0.4, -0.2) is 26.5 Å². The van der Waals surface area contributed by atoms with Crippen molar-refractivity contribution in [1.82, 2.24) is 0 Å². The minimum atomic E-state index is -4.00. The Hall–Kier alpha value is -2.87. The van der Waals surface area contributed by atoms with Crippen LogP contribution in [0.1, 0.15) is 12.5 Å². The molecule has 0 heterocycles. The Morgan fingerprint density at radius 1 is 1.23 bits per heavy atom. The van der Waals surface area contributed by atoms with E-state index in [1.165, 1.54) is 18.2 Å². The molecule has 0 amide bonds. The number of hydrogen-bond donors (Lipinski definition) is 0. The van der Waals surface area contributed by atoms with Crippen molar-refractivity contribution in [2.75, 3.05) is 17.5 Å². The molecular weight excluding hydrogens is 356 g/mol. The van der Waals surface area contributed by atoms with Crippen molar-refractivity contribution in [2.45, 2.75) is 18.7 Å². The van der Waals surface area contributed by atoms with Crippen molar-refractivity contribution in [3.05, 3.63) is 70.8 Å². The lowest BCUT2D eigenvalue weighted by Crippen LogP contribution is -2.31. The van der Waals surface area contributed by atoms with E-state index in [1.54, 1.807) is 31.2 Å². The van der Waals surface area contributed by atoms with Gasteiger partial charge in [-0.05, 0) is 44.2 Å². The number of benzene rings is 2. The van der Waals surface area contributed by atoms with E-state index in [4.69, 9.17) is 4.74 Å². The number of anilines is 1. The van der Waals surface area contributed by atoms with Gasteiger partial charge in [0.05, 0.1) is 28.7 Å². The molecule has 0 aliphatic heterocycles. The van der Waals surface area contributed by atoms with E-state index in [-0.39, 0.29) is 17.1 Å². The molecule has 0 aromatic heterocycles. The van der Waals surface area contributed by atoms with Crippen molar-refractivity contribution in [3.8, 4) is 5.75 Å². The van der Waals surface area contributed by atoms with E-state index in [2.05, 4.69) is 6.58 Å². The summed E-state index contributed by atoms with van der Waals surface area (Å²) in [4.78, 5) is 10.4. The second-order valence-corrected chi connectivity index (χ2v) is 7.32. The van der Waals surface area contributed by atoms with Gasteiger partial charge >= 0.3 is 0 Å². The van der Waals surface area contributed by atoms with Crippen LogP contribution in [0.15, 0.2) is 60.0 Å². The Morgan fingerprint density at radius 2 is 1.88 bits per heavy atom. The van der Waals surface area contributed by atoms with Crippen LogP contribution in [0.25, 0.3) is 0 Å². The summed E-state index contributed by atoms with van der Waals surface area (Å²) in [6.07, 6.45) is 1.45. The number of nitro benzene ring substituents is 1. The first kappa shape index (κ1) is 19.5. The van der Waals surface area contributed by atoms with Crippen LogP contribution < -0.4 is 9.04 Å². The molecule has 0 radical (unpaired) electrons. The molecule has 0 atom stereocenters. The molecular formula is C18H20N2O5S. The zero-order chi connectivity index (χ0) is 19.3. The second kappa shape index (κ2) is 8.01. The Morgan fingerprint density at radius 3 is 2.42 bits per heavy atom. The molecule has 0 saturated carbocycles. The number of ether oxygens (including phenoxy) is 1. The Balaban J connectivity index is 2.49. The fourth-order valence-electron chi connectivity index (χ4n) is 2.41. The minimum Gasteiger partial charge on any atom is -0.494 e. The van der Waals surface area contributed by atoms with Crippen molar-refractivity contribution < 1.29 is 18.1 Å². The summed E-state index contributed by atoms with van der Waals surface area (Å²) in [5, 5.41) is 11.1. The molecule has 0 N–H and O–H groups in total. The van der Waals surface area contributed by atoms with Crippen LogP contribution >= 0.6 is 0 Å². The number of nitrogens with zero attached hydrogens (tertiary/aromatic N) is 2. The summed E-state index contributed by atoms with van der Waals surface area (Å²) in [7, 11) is -4.00. The van der Waals surface area contributed by atoms with E-state index in [9.17, 15) is 18.5 Å². The Labute approximate surface area is 152 Å². The van der Waals surface area contributed by atoms with Crippen molar-refractivity contribution >= 4 is 21.4 Å². The van der Waals surface area contributed by atoms with Gasteiger partial charge in [0, 0.05) is 11.6 Å². The van der Waals surface area contributed by atoms with Crippen LogP contribution in [0.5, 0.6) is 5.75 Å². The summed E-state index contributed by atoms with van der Waals surface area (Å²) in [6, 6.07) is 10.4. The zero-order valence-corrected chi connectivity index (χ0v) is 15.4. The van der Waals surface area contributed by atoms with Crippen LogP contribution in [-0.2, 0) is 10.0 Å². The topological polar surface area (TPSA) is 89.8 Å². The first-order valence-electron chi connectivity index (χ1n) is 7.92. The van der Waals surface area contributed by atoms with Gasteiger partial charge in [-0.25, -0.2) is 8.42 Å². The number of rotatable bonds is 8. The quantitative estimate of drug-likeness (QED) is 0.398. The van der Waals surface area contributed by atoms with E-state index in [0.29, 0.717) is 23.6 Å². The highest BCUT2D eigenvalue weighted by Gasteiger charge is 2.26. The molecule has 0 unspecified atom stereocenters. The third kappa shape index (κ3) is 4.02. The predicted molar refractivity (Wildman–Crippen MR) is 100 cm³/mol. The SMILES string of the molecule is C=CCN(c1ccc(OCC)cc1)S(=O)(=O)c1ccc(C)c([N+](=O)[O-])c1. The van der Waals surface area contributed by atoms with Crippen LogP contribution in [0.3, 0.4) is 0 Å². The zero-order valence-electron chi connectivity index (χ0n) is 14.6. The van der Waals surface area contributed by atoms with Crippen LogP contribution in [0, 0.1) is 17.0 Å². The molecule has 8 heteroatoms. The van der Waals surface area contributed by atoms with Gasteiger partial charge in [0.25, 0.3) is 15.7 Å². The van der Waals surface area contributed by atoms with Gasteiger partial charge in [0.2, 0.25) is 0 Å². The molecule has 138 valence electrons. The van der Waals surface area contributed by atoms with Gasteiger partial charge in [-0.3, -0.25) is 14.4 Å². The number of nitro groups is 1. The summed E-state index contributed by atoms with van der Waals surface area (Å²) < 4.78 is 32.6. The van der Waals surface area contributed by atoms with Gasteiger partial charge in [0.15, 0.2) is 0 Å². The third-order valence-corrected chi connectivity index (χ3v) is 5.49. The van der Waals surface area contributed by atoms with Gasteiger partial charge in [0.1, 0.15) is 5.75 Å². The summed E-state index contributed by atoms with van der Waals surface area (Å²) >= 11 is 0. The van der Waals surface area contributed by atoms with Gasteiger partial charge in [-0.1, -0.05) is 12.1 Å². The van der Waals surface area contributed by atoms with Crippen molar-refractivity contribution in [1.29, 1.82) is 0 Å². The molecule has 0 bridgehead atoms. The average Bonchev–Trinajstić information content (AvgIpc) is 2.60. The number of sulfonamides is 1. The molecule has 2 rings (SSSR count). The summed E-state index contributed by atoms with van der Waals surface area (Å²) in [6.45, 7) is 7.54. The largest absolute Gasteiger partial charge is 0.494 e. The van der Waals surface area contributed by atoms with E-state index in [1.807, 2.05) is 6.92 Å². The first-order chi connectivity index (χ1) is 12.3. The maximum atomic E-state index is 13.0. The van der Waals surface area contributed by atoms with Crippen molar-refractivity contribution in [3.63, 3.8) is 0 Å². The van der Waals surface area contributed by atoms with E-state index >= 15 is 0 Å². The third-order valence-electron chi connectivity index (χ3n) is 3.70. The molecule has 7 nitrogen and oxygen atoms in total. The minimum absolute atomic E-state index is 0.0258. The second-order valence-electron chi connectivity index (χ2n) is 5.46. The molecule has 2 aromatic rings. The molecule has 0 aliphatic rings. The molecule has 0 fully saturated rings. The highest BCUT2D eigenvalue weighted by Crippen LogP contribution is 2.29. The van der Waals surface area contributed by atoms with E-state index < -0.39 is 14.9 Å². The number of aryl methyl sites for hydroxylation is 1.